The number of hydrogen-bond donors (Lipinski definition) is 2. The van der Waals surface area contributed by atoms with Crippen molar-refractivity contribution in [2.75, 3.05) is 18.2 Å². The smallest absolute Gasteiger partial charge is 0.261 e. The number of ether oxygens (including phenoxy) is 1. The van der Waals surface area contributed by atoms with Crippen molar-refractivity contribution < 1.29 is 9.53 Å². The minimum Gasteiger partial charge on any atom is -0.496 e. The lowest BCUT2D eigenvalue weighted by Gasteiger charge is -2.15. The number of benzene rings is 2. The van der Waals surface area contributed by atoms with Gasteiger partial charge in [-0.1, -0.05) is 31.2 Å². The predicted octanol–water partition coefficient (Wildman–Crippen LogP) is 3.40. The van der Waals surface area contributed by atoms with Gasteiger partial charge in [0, 0.05) is 11.4 Å². The number of hydrogen-bond acceptors (Lipinski definition) is 3. The van der Waals surface area contributed by atoms with Crippen LogP contribution in [0.3, 0.4) is 0 Å². The maximum atomic E-state index is 12.6. The third kappa shape index (κ3) is 2.99. The minimum atomic E-state index is -0.256. The summed E-state index contributed by atoms with van der Waals surface area (Å²) in [6, 6.07) is 11.1. The van der Waals surface area contributed by atoms with E-state index in [2.05, 4.69) is 12.2 Å². The van der Waals surface area contributed by atoms with Crippen molar-refractivity contribution in [2.45, 2.75) is 20.3 Å². The lowest BCUT2D eigenvalue weighted by Crippen LogP contribution is -2.17. The Kier molecular flexibility index (Phi) is 4.48. The molecule has 2 aromatic rings. The van der Waals surface area contributed by atoms with Crippen LogP contribution in [0.1, 0.15) is 28.4 Å². The Morgan fingerprint density at radius 2 is 1.95 bits per heavy atom. The molecule has 0 unspecified atom stereocenters. The molecule has 0 aliphatic heterocycles. The Hall–Kier alpha value is -2.49. The highest BCUT2D eigenvalue weighted by molar-refractivity contribution is 6.10. The van der Waals surface area contributed by atoms with Crippen LogP contribution in [0.15, 0.2) is 36.4 Å². The molecule has 0 bridgehead atoms. The molecule has 1 amide bonds. The van der Waals surface area contributed by atoms with Crippen LogP contribution in [0, 0.1) is 6.92 Å². The number of rotatable bonds is 4. The van der Waals surface area contributed by atoms with E-state index in [0.717, 1.165) is 23.2 Å². The molecular formula is C17H20N2O2. The summed E-state index contributed by atoms with van der Waals surface area (Å²) in [6.07, 6.45) is 0.846. The first-order chi connectivity index (χ1) is 10.1. The highest BCUT2D eigenvalue weighted by Gasteiger charge is 2.17. The monoisotopic (exact) mass is 284 g/mol. The predicted molar refractivity (Wildman–Crippen MR) is 85.9 cm³/mol. The molecule has 0 aliphatic rings. The molecule has 110 valence electrons. The summed E-state index contributed by atoms with van der Waals surface area (Å²) in [4.78, 5) is 12.6. The van der Waals surface area contributed by atoms with Crippen molar-refractivity contribution in [3.63, 3.8) is 0 Å². The molecule has 4 heteroatoms. The minimum absolute atomic E-state index is 0.256. The SMILES string of the molecule is CCc1cccc(C)c1NC(=O)c1c(N)cccc1OC. The fourth-order valence-electron chi connectivity index (χ4n) is 2.34. The zero-order valence-electron chi connectivity index (χ0n) is 12.6. The van der Waals surface area contributed by atoms with Gasteiger partial charge in [0.1, 0.15) is 11.3 Å². The first-order valence-corrected chi connectivity index (χ1v) is 6.90. The molecule has 0 radical (unpaired) electrons. The first kappa shape index (κ1) is 14.9. The van der Waals surface area contributed by atoms with E-state index >= 15 is 0 Å². The Morgan fingerprint density at radius 3 is 2.62 bits per heavy atom. The zero-order valence-corrected chi connectivity index (χ0v) is 12.6. The van der Waals surface area contributed by atoms with Crippen molar-refractivity contribution in [3.05, 3.63) is 53.1 Å². The summed E-state index contributed by atoms with van der Waals surface area (Å²) < 4.78 is 5.23. The quantitative estimate of drug-likeness (QED) is 0.846. The van der Waals surface area contributed by atoms with Gasteiger partial charge in [-0.25, -0.2) is 0 Å². The largest absolute Gasteiger partial charge is 0.496 e. The number of amides is 1. The Bertz CT molecular complexity index is 666. The summed E-state index contributed by atoms with van der Waals surface area (Å²) >= 11 is 0. The van der Waals surface area contributed by atoms with Gasteiger partial charge in [-0.15, -0.1) is 0 Å². The number of para-hydroxylation sites is 1. The van der Waals surface area contributed by atoms with Gasteiger partial charge in [-0.2, -0.15) is 0 Å². The molecule has 0 aromatic heterocycles. The van der Waals surface area contributed by atoms with Gasteiger partial charge in [0.05, 0.1) is 7.11 Å². The second-order valence-electron chi connectivity index (χ2n) is 4.84. The lowest BCUT2D eigenvalue weighted by molar-refractivity contribution is 0.102. The number of anilines is 2. The van der Waals surface area contributed by atoms with E-state index in [0.29, 0.717) is 17.0 Å². The van der Waals surface area contributed by atoms with E-state index < -0.39 is 0 Å². The molecule has 0 spiro atoms. The van der Waals surface area contributed by atoms with E-state index in [1.165, 1.54) is 7.11 Å². The normalized spacial score (nSPS) is 10.2. The molecule has 0 aliphatic carbocycles. The van der Waals surface area contributed by atoms with Crippen LogP contribution >= 0.6 is 0 Å². The van der Waals surface area contributed by atoms with Crippen LogP contribution in [0.4, 0.5) is 11.4 Å². The fourth-order valence-corrected chi connectivity index (χ4v) is 2.34. The van der Waals surface area contributed by atoms with Crippen molar-refractivity contribution in [1.82, 2.24) is 0 Å². The Balaban J connectivity index is 2.40. The first-order valence-electron chi connectivity index (χ1n) is 6.90. The number of carbonyl (C=O) groups is 1. The molecule has 0 atom stereocenters. The molecule has 4 nitrogen and oxygen atoms in total. The Morgan fingerprint density at radius 1 is 1.24 bits per heavy atom. The van der Waals surface area contributed by atoms with Crippen molar-refractivity contribution in [2.24, 2.45) is 0 Å². The molecule has 0 heterocycles. The summed E-state index contributed by atoms with van der Waals surface area (Å²) in [5.41, 5.74) is 9.65. The average Bonchev–Trinajstić information content (AvgIpc) is 2.48. The lowest BCUT2D eigenvalue weighted by atomic mass is 10.0. The van der Waals surface area contributed by atoms with Crippen molar-refractivity contribution >= 4 is 17.3 Å². The van der Waals surface area contributed by atoms with Gasteiger partial charge in [0.15, 0.2) is 0 Å². The van der Waals surface area contributed by atoms with Crippen LogP contribution in [0.2, 0.25) is 0 Å². The van der Waals surface area contributed by atoms with E-state index in [-0.39, 0.29) is 5.91 Å². The maximum absolute atomic E-state index is 12.6. The summed E-state index contributed by atoms with van der Waals surface area (Å²) in [7, 11) is 1.52. The van der Waals surface area contributed by atoms with Crippen LogP contribution in [-0.2, 0) is 6.42 Å². The number of nitrogens with two attached hydrogens (primary N) is 1. The molecule has 0 fully saturated rings. The third-order valence-electron chi connectivity index (χ3n) is 3.48. The van der Waals surface area contributed by atoms with Crippen LogP contribution in [0.5, 0.6) is 5.75 Å². The van der Waals surface area contributed by atoms with Gasteiger partial charge < -0.3 is 15.8 Å². The van der Waals surface area contributed by atoms with Gasteiger partial charge in [0.25, 0.3) is 5.91 Å². The topological polar surface area (TPSA) is 64.4 Å². The fraction of sp³-hybridized carbons (Fsp3) is 0.235. The molecule has 0 saturated carbocycles. The van der Waals surface area contributed by atoms with Gasteiger partial charge in [-0.05, 0) is 36.6 Å². The van der Waals surface area contributed by atoms with Crippen molar-refractivity contribution in [3.8, 4) is 5.75 Å². The van der Waals surface area contributed by atoms with Gasteiger partial charge >= 0.3 is 0 Å². The molecule has 3 N–H and O–H groups in total. The average molecular weight is 284 g/mol. The Labute approximate surface area is 124 Å². The van der Waals surface area contributed by atoms with E-state index in [4.69, 9.17) is 10.5 Å². The summed E-state index contributed by atoms with van der Waals surface area (Å²) in [6.45, 7) is 4.03. The van der Waals surface area contributed by atoms with Crippen LogP contribution < -0.4 is 15.8 Å². The summed E-state index contributed by atoms with van der Waals surface area (Å²) in [5, 5.41) is 2.96. The highest BCUT2D eigenvalue weighted by Crippen LogP contribution is 2.27. The second kappa shape index (κ2) is 6.31. The molecule has 2 aromatic carbocycles. The standard InChI is InChI=1S/C17H20N2O2/c1-4-12-8-5-7-11(2)16(12)19-17(20)15-13(18)9-6-10-14(15)21-3/h5-10H,4,18H2,1-3H3,(H,19,20). The third-order valence-corrected chi connectivity index (χ3v) is 3.48. The molecule has 2 rings (SSSR count). The number of carbonyl (C=O) groups excluding carboxylic acids is 1. The second-order valence-corrected chi connectivity index (χ2v) is 4.84. The van der Waals surface area contributed by atoms with E-state index in [1.807, 2.05) is 25.1 Å². The van der Waals surface area contributed by atoms with E-state index in [1.54, 1.807) is 18.2 Å². The van der Waals surface area contributed by atoms with Crippen LogP contribution in [0.25, 0.3) is 0 Å². The number of nitrogen functional groups attached to an aromatic ring is 1. The highest BCUT2D eigenvalue weighted by atomic mass is 16.5. The molecular weight excluding hydrogens is 264 g/mol. The molecule has 21 heavy (non-hydrogen) atoms. The number of nitrogens with one attached hydrogen (secondary N) is 1. The van der Waals surface area contributed by atoms with Gasteiger partial charge in [0.2, 0.25) is 0 Å². The summed E-state index contributed by atoms with van der Waals surface area (Å²) in [5.74, 6) is 0.216. The van der Waals surface area contributed by atoms with Gasteiger partial charge in [-0.3, -0.25) is 4.79 Å². The van der Waals surface area contributed by atoms with Crippen LogP contribution in [-0.4, -0.2) is 13.0 Å². The number of methoxy groups -OCH3 is 1. The van der Waals surface area contributed by atoms with Crippen molar-refractivity contribution in [1.29, 1.82) is 0 Å². The zero-order chi connectivity index (χ0) is 15.4. The number of aryl methyl sites for hydroxylation is 2. The molecule has 0 saturated heterocycles. The maximum Gasteiger partial charge on any atom is 0.261 e. The van der Waals surface area contributed by atoms with E-state index in [9.17, 15) is 4.79 Å².